The van der Waals surface area contributed by atoms with Crippen LogP contribution in [0.25, 0.3) is 0 Å². The molecule has 5 heteroatoms. The molecule has 1 aromatic rings. The van der Waals surface area contributed by atoms with Gasteiger partial charge < -0.3 is 16.0 Å². The largest absolute Gasteiger partial charge is 0.353 e. The Labute approximate surface area is 120 Å². The van der Waals surface area contributed by atoms with E-state index in [1.807, 2.05) is 26.0 Å². The van der Waals surface area contributed by atoms with Gasteiger partial charge in [0.05, 0.1) is 6.54 Å². The fraction of sp³-hybridized carbons (Fsp3) is 0.467. The maximum Gasteiger partial charge on any atom is 0.251 e. The summed E-state index contributed by atoms with van der Waals surface area (Å²) < 4.78 is 0. The van der Waals surface area contributed by atoms with Gasteiger partial charge >= 0.3 is 0 Å². The van der Waals surface area contributed by atoms with Crippen LogP contribution in [0.3, 0.4) is 0 Å². The van der Waals surface area contributed by atoms with Crippen molar-refractivity contribution in [3.8, 4) is 0 Å². The smallest absolute Gasteiger partial charge is 0.251 e. The summed E-state index contributed by atoms with van der Waals surface area (Å²) in [5.41, 5.74) is 1.75. The molecule has 0 saturated carbocycles. The maximum absolute atomic E-state index is 11.8. The van der Waals surface area contributed by atoms with Gasteiger partial charge in [-0.25, -0.2) is 0 Å². The molecule has 0 aromatic heterocycles. The SMILES string of the molecule is CCCNCC(=O)NCCNC(=O)c1ccc(C)cc1. The monoisotopic (exact) mass is 277 g/mol. The number of amides is 2. The minimum absolute atomic E-state index is 0.0527. The highest BCUT2D eigenvalue weighted by Gasteiger charge is 2.04. The lowest BCUT2D eigenvalue weighted by Crippen LogP contribution is -2.39. The number of hydrogen-bond acceptors (Lipinski definition) is 3. The standard InChI is InChI=1S/C15H23N3O2/c1-3-8-16-11-14(19)17-9-10-18-15(20)13-6-4-12(2)5-7-13/h4-7,16H,3,8-11H2,1-2H3,(H,17,19)(H,18,20). The molecule has 1 rings (SSSR count). The van der Waals surface area contributed by atoms with E-state index in [1.54, 1.807) is 12.1 Å². The van der Waals surface area contributed by atoms with Crippen LogP contribution >= 0.6 is 0 Å². The first-order chi connectivity index (χ1) is 9.63. The van der Waals surface area contributed by atoms with Crippen molar-refractivity contribution in [2.45, 2.75) is 20.3 Å². The van der Waals surface area contributed by atoms with Crippen LogP contribution in [-0.4, -0.2) is 38.0 Å². The fourth-order valence-electron chi connectivity index (χ4n) is 1.63. The van der Waals surface area contributed by atoms with Crippen LogP contribution in [0.15, 0.2) is 24.3 Å². The molecule has 0 atom stereocenters. The van der Waals surface area contributed by atoms with Gasteiger partial charge in [0.2, 0.25) is 5.91 Å². The van der Waals surface area contributed by atoms with Crippen molar-refractivity contribution in [1.29, 1.82) is 0 Å². The Kier molecular flexibility index (Phi) is 7.35. The number of carbonyl (C=O) groups excluding carboxylic acids is 2. The van der Waals surface area contributed by atoms with Gasteiger partial charge in [-0.3, -0.25) is 9.59 Å². The molecule has 0 aliphatic rings. The molecule has 0 unspecified atom stereocenters. The van der Waals surface area contributed by atoms with Crippen LogP contribution in [0.4, 0.5) is 0 Å². The highest BCUT2D eigenvalue weighted by molar-refractivity contribution is 5.94. The van der Waals surface area contributed by atoms with Gasteiger partial charge in [-0.05, 0) is 32.0 Å². The fourth-order valence-corrected chi connectivity index (χ4v) is 1.63. The average molecular weight is 277 g/mol. The van der Waals surface area contributed by atoms with E-state index in [4.69, 9.17) is 0 Å². The average Bonchev–Trinajstić information content (AvgIpc) is 2.44. The Hall–Kier alpha value is -1.88. The normalized spacial score (nSPS) is 10.1. The van der Waals surface area contributed by atoms with E-state index in [1.165, 1.54) is 0 Å². The second-order valence-electron chi connectivity index (χ2n) is 4.65. The van der Waals surface area contributed by atoms with Crippen LogP contribution in [0, 0.1) is 6.92 Å². The van der Waals surface area contributed by atoms with Gasteiger partial charge in [0.25, 0.3) is 5.91 Å². The molecule has 0 heterocycles. The Balaban J connectivity index is 2.16. The van der Waals surface area contributed by atoms with E-state index in [2.05, 4.69) is 16.0 Å². The number of carbonyl (C=O) groups is 2. The lowest BCUT2D eigenvalue weighted by molar-refractivity contribution is -0.120. The maximum atomic E-state index is 11.8. The van der Waals surface area contributed by atoms with Gasteiger partial charge in [-0.2, -0.15) is 0 Å². The van der Waals surface area contributed by atoms with E-state index in [-0.39, 0.29) is 11.8 Å². The minimum Gasteiger partial charge on any atom is -0.353 e. The van der Waals surface area contributed by atoms with E-state index in [9.17, 15) is 9.59 Å². The van der Waals surface area contributed by atoms with Crippen LogP contribution in [0.1, 0.15) is 29.3 Å². The predicted octanol–water partition coefficient (Wildman–Crippen LogP) is 0.841. The first kappa shape index (κ1) is 16.2. The third-order valence-electron chi connectivity index (χ3n) is 2.76. The van der Waals surface area contributed by atoms with Crippen molar-refractivity contribution >= 4 is 11.8 Å². The Morgan fingerprint density at radius 2 is 1.65 bits per heavy atom. The summed E-state index contributed by atoms with van der Waals surface area (Å²) in [4.78, 5) is 23.2. The number of hydrogen-bond donors (Lipinski definition) is 3. The summed E-state index contributed by atoms with van der Waals surface area (Å²) >= 11 is 0. The van der Waals surface area contributed by atoms with Crippen molar-refractivity contribution in [1.82, 2.24) is 16.0 Å². The van der Waals surface area contributed by atoms with E-state index in [0.29, 0.717) is 25.2 Å². The zero-order valence-corrected chi connectivity index (χ0v) is 12.2. The first-order valence-electron chi connectivity index (χ1n) is 6.95. The molecule has 5 nitrogen and oxygen atoms in total. The molecule has 0 radical (unpaired) electrons. The first-order valence-corrected chi connectivity index (χ1v) is 6.95. The predicted molar refractivity (Wildman–Crippen MR) is 79.7 cm³/mol. The third-order valence-corrected chi connectivity index (χ3v) is 2.76. The van der Waals surface area contributed by atoms with Crippen LogP contribution in [-0.2, 0) is 4.79 Å². The summed E-state index contributed by atoms with van der Waals surface area (Å²) in [5, 5.41) is 8.52. The molecule has 0 aliphatic heterocycles. The molecule has 0 fully saturated rings. The van der Waals surface area contributed by atoms with Gasteiger partial charge in [0.15, 0.2) is 0 Å². The molecule has 0 aliphatic carbocycles. The highest BCUT2D eigenvalue weighted by atomic mass is 16.2. The van der Waals surface area contributed by atoms with Crippen molar-refractivity contribution in [3.63, 3.8) is 0 Å². The van der Waals surface area contributed by atoms with Crippen molar-refractivity contribution < 1.29 is 9.59 Å². The van der Waals surface area contributed by atoms with Crippen molar-refractivity contribution in [2.75, 3.05) is 26.2 Å². The minimum atomic E-state index is -0.122. The number of nitrogens with one attached hydrogen (secondary N) is 3. The second kappa shape index (κ2) is 9.09. The lowest BCUT2D eigenvalue weighted by atomic mass is 10.1. The number of rotatable bonds is 8. The summed E-state index contributed by atoms with van der Waals surface area (Å²) in [6, 6.07) is 7.38. The number of aryl methyl sites for hydroxylation is 1. The molecule has 110 valence electrons. The van der Waals surface area contributed by atoms with Crippen molar-refractivity contribution in [2.24, 2.45) is 0 Å². The van der Waals surface area contributed by atoms with E-state index < -0.39 is 0 Å². The zero-order chi connectivity index (χ0) is 14.8. The Morgan fingerprint density at radius 1 is 1.00 bits per heavy atom. The second-order valence-corrected chi connectivity index (χ2v) is 4.65. The van der Waals surface area contributed by atoms with E-state index >= 15 is 0 Å². The zero-order valence-electron chi connectivity index (χ0n) is 12.2. The summed E-state index contributed by atoms with van der Waals surface area (Å²) in [7, 11) is 0. The van der Waals surface area contributed by atoms with Crippen LogP contribution in [0.5, 0.6) is 0 Å². The summed E-state index contributed by atoms with van der Waals surface area (Å²) in [6.07, 6.45) is 1.000. The summed E-state index contributed by atoms with van der Waals surface area (Å²) in [5.74, 6) is -0.175. The highest BCUT2D eigenvalue weighted by Crippen LogP contribution is 2.02. The molecular formula is C15H23N3O2. The Morgan fingerprint density at radius 3 is 2.30 bits per heavy atom. The molecule has 0 saturated heterocycles. The molecule has 3 N–H and O–H groups in total. The molecule has 1 aromatic carbocycles. The Bertz CT molecular complexity index is 429. The van der Waals surface area contributed by atoms with Gasteiger partial charge in [0.1, 0.15) is 0 Å². The van der Waals surface area contributed by atoms with Gasteiger partial charge in [-0.1, -0.05) is 24.6 Å². The topological polar surface area (TPSA) is 70.2 Å². The quantitative estimate of drug-likeness (QED) is 0.617. The molecular weight excluding hydrogens is 254 g/mol. The van der Waals surface area contributed by atoms with Crippen LogP contribution in [0.2, 0.25) is 0 Å². The number of benzene rings is 1. The van der Waals surface area contributed by atoms with E-state index in [0.717, 1.165) is 18.5 Å². The van der Waals surface area contributed by atoms with Crippen molar-refractivity contribution in [3.05, 3.63) is 35.4 Å². The molecule has 0 spiro atoms. The van der Waals surface area contributed by atoms with Gasteiger partial charge in [0, 0.05) is 18.7 Å². The third kappa shape index (κ3) is 6.33. The molecule has 2 amide bonds. The summed E-state index contributed by atoms with van der Waals surface area (Å²) in [6.45, 7) is 6.03. The lowest BCUT2D eigenvalue weighted by Gasteiger charge is -2.08. The van der Waals surface area contributed by atoms with Gasteiger partial charge in [-0.15, -0.1) is 0 Å². The molecule has 0 bridgehead atoms. The van der Waals surface area contributed by atoms with Crippen LogP contribution < -0.4 is 16.0 Å². The molecule has 20 heavy (non-hydrogen) atoms.